The number of carbonyl (C=O) groups is 2. The van der Waals surface area contributed by atoms with Gasteiger partial charge < -0.3 is 20.0 Å². The van der Waals surface area contributed by atoms with Gasteiger partial charge in [0.05, 0.1) is 5.01 Å². The number of aromatic nitrogens is 2. The number of anilines is 1. The Kier molecular flexibility index (Phi) is 6.78. The molecule has 3 amide bonds. The molecule has 1 aromatic carbocycles. The van der Waals surface area contributed by atoms with E-state index < -0.39 is 0 Å². The lowest BCUT2D eigenvalue weighted by atomic mass is 9.98. The number of thiazole rings is 1. The molecule has 0 radical (unpaired) electrons. The van der Waals surface area contributed by atoms with Crippen molar-refractivity contribution >= 4 is 29.1 Å². The van der Waals surface area contributed by atoms with Crippen LogP contribution in [0.5, 0.6) is 0 Å². The summed E-state index contributed by atoms with van der Waals surface area (Å²) >= 11 is 1.57. The second-order valence-electron chi connectivity index (χ2n) is 10.1. The molecule has 0 atom stereocenters. The summed E-state index contributed by atoms with van der Waals surface area (Å²) in [7, 11) is 0. The maximum absolute atomic E-state index is 13.1. The Balaban J connectivity index is 0.975. The maximum atomic E-state index is 13.1. The molecular formula is C28H32N6O2S. The van der Waals surface area contributed by atoms with Crippen LogP contribution in [0.15, 0.2) is 54.0 Å². The molecule has 4 heterocycles. The van der Waals surface area contributed by atoms with E-state index >= 15 is 0 Å². The van der Waals surface area contributed by atoms with Crippen LogP contribution in [-0.4, -0.2) is 77.0 Å². The monoisotopic (exact) mass is 516 g/mol. The van der Waals surface area contributed by atoms with Crippen LogP contribution in [0.2, 0.25) is 0 Å². The summed E-state index contributed by atoms with van der Waals surface area (Å²) in [5.74, 6) is 1.19. The average molecular weight is 517 g/mol. The largest absolute Gasteiger partial charge is 0.353 e. The highest BCUT2D eigenvalue weighted by molar-refractivity contribution is 7.09. The minimum Gasteiger partial charge on any atom is -0.353 e. The number of pyridine rings is 1. The third-order valence-electron chi connectivity index (χ3n) is 7.78. The predicted octanol–water partition coefficient (Wildman–Crippen LogP) is 3.56. The fourth-order valence-corrected chi connectivity index (χ4v) is 6.66. The molecule has 192 valence electrons. The number of fused-ring (bicyclic) bond motifs is 1. The van der Waals surface area contributed by atoms with Crippen molar-refractivity contribution in [3.63, 3.8) is 0 Å². The van der Waals surface area contributed by atoms with Gasteiger partial charge in [0.2, 0.25) is 0 Å². The van der Waals surface area contributed by atoms with E-state index in [0.29, 0.717) is 24.7 Å². The van der Waals surface area contributed by atoms with Gasteiger partial charge in [-0.15, -0.1) is 11.3 Å². The molecule has 1 N–H and O–H groups in total. The standard InChI is InChI=1S/C28H32N6O2S/c35-26(30-23-17-21-5-1-2-6-22(21)18-23)24-19-37-27(31-24)20-8-11-33(12-9-20)28(36)34-15-13-32(14-16-34)25-7-3-4-10-29-25/h1-7,10,19-20,23H,8-9,11-18H2,(H,30,35). The zero-order chi connectivity index (χ0) is 25.2. The number of amides is 3. The first-order chi connectivity index (χ1) is 18.1. The molecule has 8 nitrogen and oxygen atoms in total. The second-order valence-corrected chi connectivity index (χ2v) is 11.0. The van der Waals surface area contributed by atoms with Crippen LogP contribution in [0.3, 0.4) is 0 Å². The Morgan fingerprint density at radius 2 is 1.54 bits per heavy atom. The zero-order valence-corrected chi connectivity index (χ0v) is 21.7. The molecule has 6 rings (SSSR count). The van der Waals surface area contributed by atoms with Crippen molar-refractivity contribution in [2.24, 2.45) is 0 Å². The molecule has 37 heavy (non-hydrogen) atoms. The summed E-state index contributed by atoms with van der Waals surface area (Å²) < 4.78 is 0. The molecule has 2 aliphatic heterocycles. The van der Waals surface area contributed by atoms with Gasteiger partial charge in [0.25, 0.3) is 5.91 Å². The van der Waals surface area contributed by atoms with Gasteiger partial charge in [-0.1, -0.05) is 30.3 Å². The van der Waals surface area contributed by atoms with E-state index in [1.54, 1.807) is 11.3 Å². The van der Waals surface area contributed by atoms with E-state index in [1.165, 1.54) is 11.1 Å². The van der Waals surface area contributed by atoms with Gasteiger partial charge in [0, 0.05) is 62.8 Å². The van der Waals surface area contributed by atoms with E-state index in [-0.39, 0.29) is 18.0 Å². The van der Waals surface area contributed by atoms with Crippen molar-refractivity contribution in [3.8, 4) is 0 Å². The Labute approximate surface area is 221 Å². The summed E-state index contributed by atoms with van der Waals surface area (Å²) in [6.45, 7) is 4.49. The molecular weight excluding hydrogens is 484 g/mol. The number of urea groups is 1. The highest BCUT2D eigenvalue weighted by Crippen LogP contribution is 2.31. The van der Waals surface area contributed by atoms with Crippen molar-refractivity contribution in [2.75, 3.05) is 44.2 Å². The summed E-state index contributed by atoms with van der Waals surface area (Å²) in [6.07, 6.45) is 5.33. The summed E-state index contributed by atoms with van der Waals surface area (Å²) in [5.41, 5.74) is 3.16. The maximum Gasteiger partial charge on any atom is 0.320 e. The van der Waals surface area contributed by atoms with Crippen LogP contribution in [0.4, 0.5) is 10.6 Å². The molecule has 0 saturated carbocycles. The molecule has 2 saturated heterocycles. The first-order valence-corrected chi connectivity index (χ1v) is 14.0. The Hall–Kier alpha value is -3.46. The Bertz CT molecular complexity index is 1220. The second kappa shape index (κ2) is 10.5. The lowest BCUT2D eigenvalue weighted by Gasteiger charge is -2.39. The van der Waals surface area contributed by atoms with E-state index in [1.807, 2.05) is 39.6 Å². The number of piperidine rings is 1. The lowest BCUT2D eigenvalue weighted by Crippen LogP contribution is -2.54. The first-order valence-electron chi connectivity index (χ1n) is 13.2. The van der Waals surface area contributed by atoms with Gasteiger partial charge in [0.15, 0.2) is 0 Å². The number of hydrogen-bond donors (Lipinski definition) is 1. The fourth-order valence-electron chi connectivity index (χ4n) is 5.69. The number of likely N-dealkylation sites (tertiary alicyclic amines) is 1. The van der Waals surface area contributed by atoms with E-state index in [2.05, 4.69) is 39.5 Å². The molecule has 3 aromatic rings. The van der Waals surface area contributed by atoms with Crippen molar-refractivity contribution in [2.45, 2.75) is 37.6 Å². The van der Waals surface area contributed by atoms with Crippen LogP contribution in [0.1, 0.15) is 45.4 Å². The minimum absolute atomic E-state index is 0.0854. The number of nitrogens with zero attached hydrogens (tertiary/aromatic N) is 5. The first kappa shape index (κ1) is 23.9. The van der Waals surface area contributed by atoms with Crippen molar-refractivity contribution < 1.29 is 9.59 Å². The molecule has 2 fully saturated rings. The predicted molar refractivity (Wildman–Crippen MR) is 144 cm³/mol. The van der Waals surface area contributed by atoms with Gasteiger partial charge in [-0.05, 0) is 48.9 Å². The van der Waals surface area contributed by atoms with Crippen molar-refractivity contribution in [1.82, 2.24) is 25.1 Å². The van der Waals surface area contributed by atoms with Gasteiger partial charge in [-0.25, -0.2) is 14.8 Å². The van der Waals surface area contributed by atoms with Gasteiger partial charge in [-0.3, -0.25) is 4.79 Å². The van der Waals surface area contributed by atoms with E-state index in [4.69, 9.17) is 4.98 Å². The number of carbonyl (C=O) groups excluding carboxylic acids is 2. The molecule has 3 aliphatic rings. The summed E-state index contributed by atoms with van der Waals surface area (Å²) in [5, 5.41) is 6.06. The third kappa shape index (κ3) is 5.18. The van der Waals surface area contributed by atoms with Crippen LogP contribution >= 0.6 is 11.3 Å². The highest BCUT2D eigenvalue weighted by atomic mass is 32.1. The topological polar surface area (TPSA) is 81.7 Å². The van der Waals surface area contributed by atoms with Crippen LogP contribution in [-0.2, 0) is 12.8 Å². The highest BCUT2D eigenvalue weighted by Gasteiger charge is 2.31. The van der Waals surface area contributed by atoms with Crippen LogP contribution in [0.25, 0.3) is 0 Å². The molecule has 0 bridgehead atoms. The number of hydrogen-bond acceptors (Lipinski definition) is 6. The minimum atomic E-state index is -0.0854. The SMILES string of the molecule is O=C(NC1Cc2ccccc2C1)c1csc(C2CCN(C(=O)N3CCN(c4ccccn4)CC3)CC2)n1. The Morgan fingerprint density at radius 3 is 2.22 bits per heavy atom. The number of piperazine rings is 1. The number of nitrogens with one attached hydrogen (secondary N) is 1. The summed E-state index contributed by atoms with van der Waals surface area (Å²) in [6, 6.07) is 14.6. The normalized spacial score (nSPS) is 18.6. The van der Waals surface area contributed by atoms with Gasteiger partial charge >= 0.3 is 6.03 Å². The number of benzene rings is 1. The third-order valence-corrected chi connectivity index (χ3v) is 8.79. The van der Waals surface area contributed by atoms with E-state index in [9.17, 15) is 9.59 Å². The summed E-state index contributed by atoms with van der Waals surface area (Å²) in [4.78, 5) is 41.3. The van der Waals surface area contributed by atoms with E-state index in [0.717, 1.165) is 62.7 Å². The molecule has 0 unspecified atom stereocenters. The van der Waals surface area contributed by atoms with Gasteiger partial charge in [0.1, 0.15) is 11.5 Å². The quantitative estimate of drug-likeness (QED) is 0.574. The molecule has 1 aliphatic carbocycles. The smallest absolute Gasteiger partial charge is 0.320 e. The van der Waals surface area contributed by atoms with Crippen LogP contribution < -0.4 is 10.2 Å². The average Bonchev–Trinajstić information content (AvgIpc) is 3.61. The zero-order valence-electron chi connectivity index (χ0n) is 20.9. The van der Waals surface area contributed by atoms with Crippen molar-refractivity contribution in [1.29, 1.82) is 0 Å². The molecule has 9 heteroatoms. The number of rotatable bonds is 4. The lowest BCUT2D eigenvalue weighted by molar-refractivity contribution is 0.0934. The fraction of sp³-hybridized carbons (Fsp3) is 0.429. The van der Waals surface area contributed by atoms with Crippen LogP contribution in [0, 0.1) is 0 Å². The van der Waals surface area contributed by atoms with Gasteiger partial charge in [-0.2, -0.15) is 0 Å². The molecule has 2 aromatic heterocycles. The Morgan fingerprint density at radius 1 is 0.865 bits per heavy atom. The molecule has 0 spiro atoms. The van der Waals surface area contributed by atoms with Crippen molar-refractivity contribution in [3.05, 3.63) is 75.9 Å².